The lowest BCUT2D eigenvalue weighted by molar-refractivity contribution is 0.0725. The molecule has 0 bridgehead atoms. The maximum absolute atomic E-state index is 12.9. The van der Waals surface area contributed by atoms with Crippen molar-refractivity contribution >= 4 is 21.7 Å². The maximum atomic E-state index is 12.9. The van der Waals surface area contributed by atoms with E-state index in [2.05, 4.69) is 10.3 Å². The van der Waals surface area contributed by atoms with Crippen LogP contribution in [-0.2, 0) is 10.0 Å². The number of anilines is 1. The topological polar surface area (TPSA) is 82.6 Å². The zero-order valence-corrected chi connectivity index (χ0v) is 16.5. The van der Waals surface area contributed by atoms with Gasteiger partial charge in [0.2, 0.25) is 10.0 Å². The van der Waals surface area contributed by atoms with E-state index in [0.717, 1.165) is 51.6 Å². The zero-order chi connectivity index (χ0) is 18.9. The van der Waals surface area contributed by atoms with Crippen LogP contribution in [0.1, 0.15) is 55.3 Å². The van der Waals surface area contributed by atoms with Gasteiger partial charge in [-0.15, -0.1) is 0 Å². The minimum atomic E-state index is -3.09. The highest BCUT2D eigenvalue weighted by Gasteiger charge is 2.41. The number of hydrogen-bond acceptors (Lipinski definition) is 5. The van der Waals surface area contributed by atoms with Crippen molar-refractivity contribution in [3.63, 3.8) is 0 Å². The van der Waals surface area contributed by atoms with Crippen molar-refractivity contribution in [2.75, 3.05) is 31.5 Å². The van der Waals surface area contributed by atoms with Crippen molar-refractivity contribution in [2.24, 2.45) is 0 Å². The number of carbonyl (C=O) groups excluding carboxylic acids is 1. The van der Waals surface area contributed by atoms with Gasteiger partial charge in [-0.25, -0.2) is 17.7 Å². The van der Waals surface area contributed by atoms with E-state index < -0.39 is 10.0 Å². The van der Waals surface area contributed by atoms with E-state index in [9.17, 15) is 13.2 Å². The number of rotatable bonds is 5. The predicted octanol–water partition coefficient (Wildman–Crippen LogP) is 2.08. The van der Waals surface area contributed by atoms with Crippen molar-refractivity contribution in [3.8, 4) is 0 Å². The van der Waals surface area contributed by atoms with Crippen molar-refractivity contribution in [1.29, 1.82) is 0 Å². The molecule has 1 aromatic rings. The van der Waals surface area contributed by atoms with Crippen LogP contribution in [0.5, 0.6) is 0 Å². The lowest BCUT2D eigenvalue weighted by Crippen LogP contribution is -2.44. The third-order valence-corrected chi connectivity index (χ3v) is 8.18. The van der Waals surface area contributed by atoms with Gasteiger partial charge in [-0.2, -0.15) is 0 Å². The number of aromatic nitrogens is 1. The van der Waals surface area contributed by atoms with Crippen LogP contribution in [0.4, 0.5) is 5.82 Å². The third-order valence-electron chi connectivity index (χ3n) is 5.78. The number of piperidine rings is 2. The summed E-state index contributed by atoms with van der Waals surface area (Å²) in [6, 6.07) is 3.77. The fourth-order valence-electron chi connectivity index (χ4n) is 3.98. The van der Waals surface area contributed by atoms with Gasteiger partial charge in [-0.1, -0.05) is 0 Å². The highest BCUT2D eigenvalue weighted by atomic mass is 32.2. The summed E-state index contributed by atoms with van der Waals surface area (Å²) in [6.07, 6.45) is 8.07. The molecular weight excluding hydrogens is 364 g/mol. The molecule has 148 valence electrons. The molecule has 3 aliphatic rings. The Bertz CT molecular complexity index is 780. The van der Waals surface area contributed by atoms with Gasteiger partial charge in [0.15, 0.2) is 0 Å². The van der Waals surface area contributed by atoms with Gasteiger partial charge in [0.1, 0.15) is 5.82 Å². The third kappa shape index (κ3) is 4.11. The average Bonchev–Trinajstić information content (AvgIpc) is 3.55. The summed E-state index contributed by atoms with van der Waals surface area (Å²) in [5.41, 5.74) is 0.618. The number of amides is 1. The van der Waals surface area contributed by atoms with Crippen LogP contribution in [0.2, 0.25) is 0 Å². The molecule has 2 aliphatic heterocycles. The molecule has 0 unspecified atom stereocenters. The molecule has 1 N–H and O–H groups in total. The lowest BCUT2D eigenvalue weighted by Gasteiger charge is -2.32. The Labute approximate surface area is 161 Å². The van der Waals surface area contributed by atoms with E-state index in [1.54, 1.807) is 16.6 Å². The van der Waals surface area contributed by atoms with Crippen LogP contribution in [0, 0.1) is 0 Å². The molecule has 0 radical (unpaired) electrons. The van der Waals surface area contributed by atoms with Crippen molar-refractivity contribution in [3.05, 3.63) is 23.9 Å². The largest absolute Gasteiger partial charge is 0.367 e. The monoisotopic (exact) mass is 392 g/mol. The molecule has 2 saturated heterocycles. The minimum absolute atomic E-state index is 0.0408. The molecule has 27 heavy (non-hydrogen) atoms. The van der Waals surface area contributed by atoms with E-state index in [4.69, 9.17) is 0 Å². The van der Waals surface area contributed by atoms with Crippen molar-refractivity contribution in [1.82, 2.24) is 14.2 Å². The standard InChI is InChI=1S/C19H28N4O3S/c24-19(22-11-2-1-3-12-22)17-5-4-10-20-18(17)21-15-8-13-23(14-9-15)27(25,26)16-6-7-16/h4-5,10,15-16H,1-3,6-9,11-14H2,(H,20,21). The number of carbonyl (C=O) groups is 1. The van der Waals surface area contributed by atoms with E-state index in [-0.39, 0.29) is 17.2 Å². The number of hydrogen-bond donors (Lipinski definition) is 1. The van der Waals surface area contributed by atoms with Gasteiger partial charge in [0.05, 0.1) is 10.8 Å². The molecule has 1 amide bonds. The zero-order valence-electron chi connectivity index (χ0n) is 15.6. The Hall–Kier alpha value is -1.67. The maximum Gasteiger partial charge on any atom is 0.257 e. The lowest BCUT2D eigenvalue weighted by atomic mass is 10.1. The summed E-state index contributed by atoms with van der Waals surface area (Å²) in [5, 5.41) is 3.26. The second-order valence-electron chi connectivity index (χ2n) is 7.81. The SMILES string of the molecule is O=C(c1cccnc1NC1CCN(S(=O)(=O)C2CC2)CC1)N1CCCCC1. The second kappa shape index (κ2) is 7.75. The summed E-state index contributed by atoms with van der Waals surface area (Å²) in [4.78, 5) is 19.2. The summed E-state index contributed by atoms with van der Waals surface area (Å²) < 4.78 is 26.4. The predicted molar refractivity (Wildman–Crippen MR) is 104 cm³/mol. The normalized spacial score (nSPS) is 22.6. The summed E-state index contributed by atoms with van der Waals surface area (Å²) in [7, 11) is -3.09. The van der Waals surface area contributed by atoms with Crippen LogP contribution in [0.3, 0.4) is 0 Å². The smallest absolute Gasteiger partial charge is 0.257 e. The highest BCUT2D eigenvalue weighted by molar-refractivity contribution is 7.90. The summed E-state index contributed by atoms with van der Waals surface area (Å²) >= 11 is 0. The van der Waals surface area contributed by atoms with Gasteiger partial charge in [-0.3, -0.25) is 4.79 Å². The van der Waals surface area contributed by atoms with Crippen LogP contribution < -0.4 is 5.32 Å². The summed E-state index contributed by atoms with van der Waals surface area (Å²) in [5.74, 6) is 0.663. The molecule has 1 aromatic heterocycles. The molecule has 0 atom stereocenters. The second-order valence-corrected chi connectivity index (χ2v) is 10.0. The van der Waals surface area contributed by atoms with Crippen molar-refractivity contribution < 1.29 is 13.2 Å². The Kier molecular flexibility index (Phi) is 5.36. The molecule has 1 aliphatic carbocycles. The first-order valence-electron chi connectivity index (χ1n) is 10.1. The van der Waals surface area contributed by atoms with Gasteiger partial charge in [0, 0.05) is 38.4 Å². The molecule has 4 rings (SSSR count). The fourth-order valence-corrected chi connectivity index (χ4v) is 5.86. The van der Waals surface area contributed by atoms with E-state index >= 15 is 0 Å². The Morgan fingerprint density at radius 3 is 2.41 bits per heavy atom. The Balaban J connectivity index is 1.39. The van der Waals surface area contributed by atoms with Gasteiger partial charge in [0.25, 0.3) is 5.91 Å². The number of pyridine rings is 1. The van der Waals surface area contributed by atoms with Gasteiger partial charge >= 0.3 is 0 Å². The van der Waals surface area contributed by atoms with Crippen LogP contribution >= 0.6 is 0 Å². The Morgan fingerprint density at radius 2 is 1.74 bits per heavy atom. The van der Waals surface area contributed by atoms with E-state index in [0.29, 0.717) is 24.5 Å². The minimum Gasteiger partial charge on any atom is -0.367 e. The van der Waals surface area contributed by atoms with E-state index in [1.807, 2.05) is 11.0 Å². The Morgan fingerprint density at radius 1 is 1.04 bits per heavy atom. The number of nitrogens with one attached hydrogen (secondary N) is 1. The molecule has 1 saturated carbocycles. The quantitative estimate of drug-likeness (QED) is 0.830. The summed E-state index contributed by atoms with van der Waals surface area (Å²) in [6.45, 7) is 2.70. The molecule has 3 fully saturated rings. The first kappa shape index (κ1) is 18.7. The highest BCUT2D eigenvalue weighted by Crippen LogP contribution is 2.32. The van der Waals surface area contributed by atoms with Crippen LogP contribution in [-0.4, -0.2) is 66.0 Å². The molecular formula is C19H28N4O3S. The van der Waals surface area contributed by atoms with Crippen LogP contribution in [0.25, 0.3) is 0 Å². The fraction of sp³-hybridized carbons (Fsp3) is 0.684. The molecule has 3 heterocycles. The first-order chi connectivity index (χ1) is 13.1. The molecule has 8 heteroatoms. The van der Waals surface area contributed by atoms with Crippen molar-refractivity contribution in [2.45, 2.75) is 56.2 Å². The first-order valence-corrected chi connectivity index (χ1v) is 11.6. The van der Waals surface area contributed by atoms with Crippen LogP contribution in [0.15, 0.2) is 18.3 Å². The number of nitrogens with zero attached hydrogens (tertiary/aromatic N) is 3. The number of likely N-dealkylation sites (tertiary alicyclic amines) is 1. The average molecular weight is 393 g/mol. The molecule has 7 nitrogen and oxygen atoms in total. The molecule has 0 spiro atoms. The molecule has 0 aromatic carbocycles. The van der Waals surface area contributed by atoms with Gasteiger partial charge < -0.3 is 10.2 Å². The van der Waals surface area contributed by atoms with Gasteiger partial charge in [-0.05, 0) is 57.1 Å². The van der Waals surface area contributed by atoms with E-state index in [1.165, 1.54) is 6.42 Å². The number of sulfonamides is 1.